The molecule has 21 heavy (non-hydrogen) atoms. The smallest absolute Gasteiger partial charge is 0.189 e. The van der Waals surface area contributed by atoms with Crippen LogP contribution in [0, 0.1) is 13.8 Å². The van der Waals surface area contributed by atoms with Crippen molar-refractivity contribution in [3.05, 3.63) is 47.3 Å². The van der Waals surface area contributed by atoms with Crippen LogP contribution in [0.4, 0.5) is 0 Å². The molecule has 3 aliphatic heterocycles. The molecule has 3 unspecified atom stereocenters. The molecule has 6 heteroatoms. The standard InChI is InChI=1S/C15H19N5S/c1-9-3-4-10(2)11(7-9)12-8-13-14-16-17-15(21)19(14)5-6-20(13)18-12/h3-7,12-14,16,18H,8H2,1-2H3,(H,17,21). The lowest BCUT2D eigenvalue weighted by Gasteiger charge is -2.35. The number of benzene rings is 1. The van der Waals surface area contributed by atoms with Crippen LogP contribution < -0.4 is 16.3 Å². The van der Waals surface area contributed by atoms with Crippen molar-refractivity contribution in [2.24, 2.45) is 0 Å². The quantitative estimate of drug-likeness (QED) is 0.682. The molecule has 0 amide bonds. The van der Waals surface area contributed by atoms with Crippen LogP contribution in [0.25, 0.3) is 0 Å². The highest BCUT2D eigenvalue weighted by molar-refractivity contribution is 7.80. The fourth-order valence-corrected chi connectivity index (χ4v) is 3.66. The van der Waals surface area contributed by atoms with Gasteiger partial charge in [0.2, 0.25) is 0 Å². The summed E-state index contributed by atoms with van der Waals surface area (Å²) in [5.74, 6) is 0. The monoisotopic (exact) mass is 301 g/mol. The number of hydrazine groups is 2. The molecular weight excluding hydrogens is 282 g/mol. The predicted octanol–water partition coefficient (Wildman–Crippen LogP) is 1.43. The van der Waals surface area contributed by atoms with Crippen molar-refractivity contribution >= 4 is 17.3 Å². The van der Waals surface area contributed by atoms with Crippen molar-refractivity contribution in [3.63, 3.8) is 0 Å². The largest absolute Gasteiger partial charge is 0.307 e. The van der Waals surface area contributed by atoms with Gasteiger partial charge in [0.25, 0.3) is 0 Å². The van der Waals surface area contributed by atoms with E-state index in [9.17, 15) is 0 Å². The van der Waals surface area contributed by atoms with Gasteiger partial charge in [0, 0.05) is 12.4 Å². The van der Waals surface area contributed by atoms with Crippen LogP contribution in [0.3, 0.4) is 0 Å². The molecule has 5 nitrogen and oxygen atoms in total. The lowest BCUT2D eigenvalue weighted by atomic mass is 9.95. The normalized spacial score (nSPS) is 30.4. The number of thiocarbonyl (C=S) groups is 1. The highest BCUT2D eigenvalue weighted by atomic mass is 32.1. The lowest BCUT2D eigenvalue weighted by Crippen LogP contribution is -2.53. The Morgan fingerprint density at radius 1 is 1.24 bits per heavy atom. The van der Waals surface area contributed by atoms with E-state index in [-0.39, 0.29) is 6.17 Å². The number of nitrogens with one attached hydrogen (secondary N) is 3. The Bertz CT molecular complexity index is 628. The van der Waals surface area contributed by atoms with Gasteiger partial charge in [0.15, 0.2) is 5.11 Å². The fourth-order valence-electron chi connectivity index (χ4n) is 3.43. The summed E-state index contributed by atoms with van der Waals surface area (Å²) in [5, 5.41) is 2.95. The zero-order valence-corrected chi connectivity index (χ0v) is 12.9. The zero-order chi connectivity index (χ0) is 14.6. The Morgan fingerprint density at radius 2 is 2.10 bits per heavy atom. The Hall–Kier alpha value is -1.63. The average molecular weight is 301 g/mol. The molecule has 0 spiro atoms. The second-order valence-electron chi connectivity index (χ2n) is 5.98. The van der Waals surface area contributed by atoms with Crippen molar-refractivity contribution in [2.45, 2.75) is 38.5 Å². The van der Waals surface area contributed by atoms with E-state index in [1.54, 1.807) is 0 Å². The van der Waals surface area contributed by atoms with E-state index in [1.165, 1.54) is 16.7 Å². The van der Waals surface area contributed by atoms with E-state index in [0.717, 1.165) is 11.5 Å². The van der Waals surface area contributed by atoms with Crippen LogP contribution in [0.15, 0.2) is 30.6 Å². The molecule has 3 atom stereocenters. The van der Waals surface area contributed by atoms with Crippen molar-refractivity contribution in [3.8, 4) is 0 Å². The molecule has 0 aliphatic carbocycles. The summed E-state index contributed by atoms with van der Waals surface area (Å²) in [6, 6.07) is 7.36. The summed E-state index contributed by atoms with van der Waals surface area (Å²) < 4.78 is 0. The van der Waals surface area contributed by atoms with Crippen molar-refractivity contribution in [1.82, 2.24) is 26.2 Å². The number of hydrogen-bond donors (Lipinski definition) is 3. The second-order valence-corrected chi connectivity index (χ2v) is 6.36. The molecule has 2 fully saturated rings. The van der Waals surface area contributed by atoms with E-state index >= 15 is 0 Å². The maximum absolute atomic E-state index is 5.30. The molecular formula is C15H19N5S. The molecule has 4 rings (SSSR count). The van der Waals surface area contributed by atoms with Gasteiger partial charge < -0.3 is 9.91 Å². The highest BCUT2D eigenvalue weighted by Crippen LogP contribution is 2.34. The minimum absolute atomic E-state index is 0.185. The molecule has 1 aromatic rings. The van der Waals surface area contributed by atoms with Gasteiger partial charge in [0.1, 0.15) is 6.17 Å². The van der Waals surface area contributed by atoms with Crippen LogP contribution >= 0.6 is 12.2 Å². The first-order valence-corrected chi connectivity index (χ1v) is 7.68. The summed E-state index contributed by atoms with van der Waals surface area (Å²) in [4.78, 5) is 2.09. The van der Waals surface area contributed by atoms with Gasteiger partial charge >= 0.3 is 0 Å². The van der Waals surface area contributed by atoms with Gasteiger partial charge in [0.05, 0.1) is 12.1 Å². The van der Waals surface area contributed by atoms with E-state index < -0.39 is 0 Å². The number of rotatable bonds is 1. The zero-order valence-electron chi connectivity index (χ0n) is 12.1. The van der Waals surface area contributed by atoms with Crippen molar-refractivity contribution in [1.29, 1.82) is 0 Å². The number of hydrogen-bond acceptors (Lipinski definition) is 4. The third-order valence-electron chi connectivity index (χ3n) is 4.56. The van der Waals surface area contributed by atoms with E-state index in [2.05, 4.69) is 64.4 Å². The van der Waals surface area contributed by atoms with Gasteiger partial charge in [-0.1, -0.05) is 23.8 Å². The Kier molecular flexibility index (Phi) is 2.92. The van der Waals surface area contributed by atoms with Crippen LogP contribution in [0.1, 0.15) is 29.2 Å². The van der Waals surface area contributed by atoms with Crippen LogP contribution in [0.2, 0.25) is 0 Å². The first-order valence-electron chi connectivity index (χ1n) is 7.27. The Balaban J connectivity index is 1.62. The van der Waals surface area contributed by atoms with Crippen molar-refractivity contribution in [2.75, 3.05) is 0 Å². The predicted molar refractivity (Wildman–Crippen MR) is 85.7 cm³/mol. The van der Waals surface area contributed by atoms with Gasteiger partial charge in [-0.2, -0.15) is 0 Å². The molecule has 0 saturated carbocycles. The van der Waals surface area contributed by atoms with Gasteiger partial charge in [-0.15, -0.1) is 0 Å². The molecule has 3 N–H and O–H groups in total. The van der Waals surface area contributed by atoms with Crippen LogP contribution in [-0.4, -0.2) is 27.2 Å². The lowest BCUT2D eigenvalue weighted by molar-refractivity contribution is 0.153. The first-order chi connectivity index (χ1) is 10.1. The molecule has 2 saturated heterocycles. The third-order valence-corrected chi connectivity index (χ3v) is 4.88. The SMILES string of the molecule is Cc1ccc(C)c(C2CC3C4NNC(=S)N4C=CN3N2)c1. The summed E-state index contributed by atoms with van der Waals surface area (Å²) >= 11 is 5.30. The van der Waals surface area contributed by atoms with Crippen LogP contribution in [0.5, 0.6) is 0 Å². The summed E-state index contributed by atoms with van der Waals surface area (Å²) in [5.41, 5.74) is 14.0. The van der Waals surface area contributed by atoms with E-state index in [4.69, 9.17) is 12.2 Å². The molecule has 1 aromatic carbocycles. The Labute approximate surface area is 129 Å². The molecule has 3 aliphatic rings. The van der Waals surface area contributed by atoms with Gasteiger partial charge in [-0.25, -0.2) is 10.9 Å². The Morgan fingerprint density at radius 3 is 2.95 bits per heavy atom. The third kappa shape index (κ3) is 2.02. The minimum atomic E-state index is 0.185. The van der Waals surface area contributed by atoms with E-state index in [0.29, 0.717) is 12.1 Å². The summed E-state index contributed by atoms with van der Waals surface area (Å²) in [6.07, 6.45) is 5.33. The fraction of sp³-hybridized carbons (Fsp3) is 0.400. The maximum atomic E-state index is 5.30. The topological polar surface area (TPSA) is 42.6 Å². The number of fused-ring (bicyclic) bond motifs is 3. The molecule has 3 heterocycles. The van der Waals surface area contributed by atoms with Crippen LogP contribution in [-0.2, 0) is 0 Å². The van der Waals surface area contributed by atoms with Gasteiger partial charge in [-0.3, -0.25) is 5.43 Å². The molecule has 0 radical (unpaired) electrons. The minimum Gasteiger partial charge on any atom is -0.307 e. The van der Waals surface area contributed by atoms with Gasteiger partial charge in [-0.05, 0) is 43.6 Å². The molecule has 110 valence electrons. The van der Waals surface area contributed by atoms with E-state index in [1.807, 2.05) is 6.20 Å². The number of aryl methyl sites for hydroxylation is 2. The second kappa shape index (κ2) is 4.69. The number of nitrogens with zero attached hydrogens (tertiary/aromatic N) is 2. The summed E-state index contributed by atoms with van der Waals surface area (Å²) in [7, 11) is 0. The molecule has 0 bridgehead atoms. The average Bonchev–Trinajstić information content (AvgIpc) is 3.05. The van der Waals surface area contributed by atoms with Crippen molar-refractivity contribution < 1.29 is 0 Å². The first kappa shape index (κ1) is 13.1. The maximum Gasteiger partial charge on any atom is 0.189 e. The molecule has 0 aromatic heterocycles. The summed E-state index contributed by atoms with van der Waals surface area (Å²) in [6.45, 7) is 4.33. The highest BCUT2D eigenvalue weighted by Gasteiger charge is 2.44.